The number of piperidine rings is 1. The Morgan fingerprint density at radius 3 is 2.86 bits per heavy atom. The average Bonchev–Trinajstić information content (AvgIpc) is 3.41. The molecule has 148 valence electrons. The van der Waals surface area contributed by atoms with E-state index in [0.29, 0.717) is 6.54 Å². The number of para-hydroxylation sites is 1. The van der Waals surface area contributed by atoms with E-state index in [4.69, 9.17) is 0 Å². The quantitative estimate of drug-likeness (QED) is 0.690. The molecule has 1 amide bonds. The number of benzene rings is 1. The molecule has 5 rings (SSSR count). The minimum absolute atomic E-state index is 0.0273. The van der Waals surface area contributed by atoms with Gasteiger partial charge in [0.2, 0.25) is 5.91 Å². The second-order valence-electron chi connectivity index (χ2n) is 7.86. The first-order chi connectivity index (χ1) is 14.2. The predicted molar refractivity (Wildman–Crippen MR) is 111 cm³/mol. The van der Waals surface area contributed by atoms with Crippen LogP contribution in [-0.2, 0) is 11.2 Å². The Bertz CT molecular complexity index is 1020. The molecule has 0 spiro atoms. The SMILES string of the molecule is CC1Cc2ccccc2N1C(=O)C1CCCN(c2cc(-n3cccn3)ncn2)C1. The van der Waals surface area contributed by atoms with Crippen LogP contribution in [0.1, 0.15) is 25.3 Å². The molecule has 4 heterocycles. The molecule has 0 aliphatic carbocycles. The first-order valence-corrected chi connectivity index (χ1v) is 10.2. The van der Waals surface area contributed by atoms with Gasteiger partial charge < -0.3 is 9.80 Å². The summed E-state index contributed by atoms with van der Waals surface area (Å²) in [4.78, 5) is 26.5. The van der Waals surface area contributed by atoms with Gasteiger partial charge in [-0.1, -0.05) is 18.2 Å². The largest absolute Gasteiger partial charge is 0.356 e. The number of nitrogens with zero attached hydrogens (tertiary/aromatic N) is 6. The lowest BCUT2D eigenvalue weighted by Crippen LogP contribution is -2.47. The van der Waals surface area contributed by atoms with Crippen molar-refractivity contribution in [2.75, 3.05) is 22.9 Å². The van der Waals surface area contributed by atoms with Gasteiger partial charge >= 0.3 is 0 Å². The maximum Gasteiger partial charge on any atom is 0.232 e. The van der Waals surface area contributed by atoms with Crippen molar-refractivity contribution < 1.29 is 4.79 Å². The van der Waals surface area contributed by atoms with Crippen molar-refractivity contribution in [2.24, 2.45) is 5.92 Å². The summed E-state index contributed by atoms with van der Waals surface area (Å²) in [6.07, 6.45) is 7.97. The first-order valence-electron chi connectivity index (χ1n) is 10.2. The Morgan fingerprint density at radius 1 is 1.14 bits per heavy atom. The van der Waals surface area contributed by atoms with Gasteiger partial charge in [0.25, 0.3) is 0 Å². The summed E-state index contributed by atoms with van der Waals surface area (Å²) in [7, 11) is 0. The molecule has 0 bridgehead atoms. The Kier molecular flexibility index (Phi) is 4.50. The Labute approximate surface area is 170 Å². The summed E-state index contributed by atoms with van der Waals surface area (Å²) >= 11 is 0. The zero-order valence-electron chi connectivity index (χ0n) is 16.5. The highest BCUT2D eigenvalue weighted by atomic mass is 16.2. The Hall–Kier alpha value is -3.22. The summed E-state index contributed by atoms with van der Waals surface area (Å²) in [5, 5.41) is 4.24. The van der Waals surface area contributed by atoms with Crippen molar-refractivity contribution in [3.05, 3.63) is 60.7 Å². The number of aromatic nitrogens is 4. The summed E-state index contributed by atoms with van der Waals surface area (Å²) in [6, 6.07) is 12.3. The fourth-order valence-corrected chi connectivity index (χ4v) is 4.52. The van der Waals surface area contributed by atoms with Gasteiger partial charge in [0.1, 0.15) is 12.1 Å². The fraction of sp³-hybridized carbons (Fsp3) is 0.364. The third-order valence-electron chi connectivity index (χ3n) is 5.92. The van der Waals surface area contributed by atoms with Crippen molar-refractivity contribution in [3.63, 3.8) is 0 Å². The summed E-state index contributed by atoms with van der Waals surface area (Å²) in [5.74, 6) is 1.78. The molecule has 2 atom stereocenters. The van der Waals surface area contributed by atoms with Gasteiger partial charge in [0, 0.05) is 43.3 Å². The highest BCUT2D eigenvalue weighted by Gasteiger charge is 2.36. The van der Waals surface area contributed by atoms with Crippen LogP contribution in [0.2, 0.25) is 0 Å². The lowest BCUT2D eigenvalue weighted by molar-refractivity contribution is -0.122. The topological polar surface area (TPSA) is 67.2 Å². The van der Waals surface area contributed by atoms with E-state index < -0.39 is 0 Å². The molecule has 2 aromatic heterocycles. The maximum absolute atomic E-state index is 13.5. The fourth-order valence-electron chi connectivity index (χ4n) is 4.52. The van der Waals surface area contributed by atoms with E-state index in [1.165, 1.54) is 5.56 Å². The van der Waals surface area contributed by atoms with Crippen LogP contribution in [0.15, 0.2) is 55.1 Å². The van der Waals surface area contributed by atoms with E-state index in [1.54, 1.807) is 17.2 Å². The predicted octanol–water partition coefficient (Wildman–Crippen LogP) is 2.86. The zero-order chi connectivity index (χ0) is 19.8. The van der Waals surface area contributed by atoms with E-state index in [0.717, 1.165) is 43.1 Å². The molecule has 7 heteroatoms. The van der Waals surface area contributed by atoms with Gasteiger partial charge in [-0.3, -0.25) is 4.79 Å². The van der Waals surface area contributed by atoms with Crippen molar-refractivity contribution >= 4 is 17.4 Å². The van der Waals surface area contributed by atoms with Crippen molar-refractivity contribution in [2.45, 2.75) is 32.2 Å². The highest BCUT2D eigenvalue weighted by molar-refractivity contribution is 5.98. The van der Waals surface area contributed by atoms with Crippen molar-refractivity contribution in [3.8, 4) is 5.82 Å². The molecular weight excluding hydrogens is 364 g/mol. The van der Waals surface area contributed by atoms with Crippen molar-refractivity contribution in [1.29, 1.82) is 0 Å². The number of anilines is 2. The standard InChI is InChI=1S/C22H24N6O/c1-16-12-17-6-2-3-8-19(17)28(16)22(29)18-7-4-10-26(14-18)20-13-21(24-15-23-20)27-11-5-9-25-27/h2-3,5-6,8-9,11,13,15-16,18H,4,7,10,12,14H2,1H3. The number of hydrogen-bond acceptors (Lipinski definition) is 5. The molecule has 1 fully saturated rings. The molecule has 1 aromatic carbocycles. The van der Waals surface area contributed by atoms with E-state index in [2.05, 4.69) is 39.0 Å². The highest BCUT2D eigenvalue weighted by Crippen LogP contribution is 2.34. The van der Waals surface area contributed by atoms with Crippen LogP contribution in [0.25, 0.3) is 5.82 Å². The van der Waals surface area contributed by atoms with Crippen LogP contribution in [0.5, 0.6) is 0 Å². The van der Waals surface area contributed by atoms with Crippen molar-refractivity contribution in [1.82, 2.24) is 19.7 Å². The number of hydrogen-bond donors (Lipinski definition) is 0. The average molecular weight is 388 g/mol. The molecule has 2 unspecified atom stereocenters. The maximum atomic E-state index is 13.5. The second kappa shape index (κ2) is 7.31. The number of carbonyl (C=O) groups excluding carboxylic acids is 1. The lowest BCUT2D eigenvalue weighted by atomic mass is 9.96. The monoisotopic (exact) mass is 388 g/mol. The molecule has 0 radical (unpaired) electrons. The van der Waals surface area contributed by atoms with E-state index >= 15 is 0 Å². The van der Waals surface area contributed by atoms with Gasteiger partial charge in [-0.15, -0.1) is 0 Å². The number of fused-ring (bicyclic) bond motifs is 1. The van der Waals surface area contributed by atoms with Gasteiger partial charge in [0.15, 0.2) is 5.82 Å². The molecule has 0 N–H and O–H groups in total. The molecule has 0 saturated carbocycles. The third-order valence-corrected chi connectivity index (χ3v) is 5.92. The van der Waals surface area contributed by atoms with Crippen LogP contribution in [-0.4, -0.2) is 44.8 Å². The summed E-state index contributed by atoms with van der Waals surface area (Å²) in [6.45, 7) is 3.71. The van der Waals surface area contributed by atoms with Crippen LogP contribution in [0.3, 0.4) is 0 Å². The third kappa shape index (κ3) is 3.26. The van der Waals surface area contributed by atoms with E-state index in [-0.39, 0.29) is 17.9 Å². The number of rotatable bonds is 3. The Morgan fingerprint density at radius 2 is 2.00 bits per heavy atom. The molecule has 3 aromatic rings. The van der Waals surface area contributed by atoms with Crippen LogP contribution < -0.4 is 9.80 Å². The smallest absolute Gasteiger partial charge is 0.232 e. The first kappa shape index (κ1) is 17.8. The molecule has 1 saturated heterocycles. The molecular formula is C22H24N6O. The van der Waals surface area contributed by atoms with Crippen LogP contribution >= 0.6 is 0 Å². The minimum atomic E-state index is -0.0273. The second-order valence-corrected chi connectivity index (χ2v) is 7.86. The summed E-state index contributed by atoms with van der Waals surface area (Å²) < 4.78 is 1.72. The lowest BCUT2D eigenvalue weighted by Gasteiger charge is -2.36. The van der Waals surface area contributed by atoms with Gasteiger partial charge in [-0.25, -0.2) is 14.6 Å². The molecule has 2 aliphatic heterocycles. The molecule has 29 heavy (non-hydrogen) atoms. The number of carbonyl (C=O) groups is 1. The van der Waals surface area contributed by atoms with Gasteiger partial charge in [-0.05, 0) is 43.9 Å². The molecule has 2 aliphatic rings. The number of amides is 1. The van der Waals surface area contributed by atoms with Crippen LogP contribution in [0, 0.1) is 5.92 Å². The Balaban J connectivity index is 1.36. The van der Waals surface area contributed by atoms with E-state index in [1.807, 2.05) is 35.4 Å². The molecule has 7 nitrogen and oxygen atoms in total. The van der Waals surface area contributed by atoms with Gasteiger partial charge in [0.05, 0.1) is 5.92 Å². The minimum Gasteiger partial charge on any atom is -0.356 e. The van der Waals surface area contributed by atoms with Crippen LogP contribution in [0.4, 0.5) is 11.5 Å². The van der Waals surface area contributed by atoms with E-state index in [9.17, 15) is 4.79 Å². The normalized spacial score (nSPS) is 21.3. The summed E-state index contributed by atoms with van der Waals surface area (Å²) in [5.41, 5.74) is 2.34. The van der Waals surface area contributed by atoms with Gasteiger partial charge in [-0.2, -0.15) is 5.10 Å². The zero-order valence-corrected chi connectivity index (χ0v) is 16.5.